The van der Waals surface area contributed by atoms with Gasteiger partial charge in [-0.2, -0.15) is 5.26 Å². The molecule has 0 unspecified atom stereocenters. The summed E-state index contributed by atoms with van der Waals surface area (Å²) >= 11 is 0. The summed E-state index contributed by atoms with van der Waals surface area (Å²) in [6, 6.07) is 5.77. The monoisotopic (exact) mass is 225 g/mol. The zero-order valence-corrected chi connectivity index (χ0v) is 9.24. The molecule has 0 aromatic carbocycles. The predicted molar refractivity (Wildman–Crippen MR) is 62.2 cm³/mol. The second-order valence-electron chi connectivity index (χ2n) is 4.02. The first-order chi connectivity index (χ1) is 8.36. The number of imidazole rings is 1. The van der Waals surface area contributed by atoms with Gasteiger partial charge in [0.2, 0.25) is 0 Å². The Morgan fingerprint density at radius 2 is 2.18 bits per heavy atom. The minimum atomic E-state index is 0.593. The summed E-state index contributed by atoms with van der Waals surface area (Å²) in [5.74, 6) is 0.913. The lowest BCUT2D eigenvalue weighted by molar-refractivity contribution is 0.567. The van der Waals surface area contributed by atoms with Crippen LogP contribution in [0.2, 0.25) is 0 Å². The molecule has 0 atom stereocenters. The van der Waals surface area contributed by atoms with Crippen molar-refractivity contribution in [1.29, 1.82) is 5.26 Å². The van der Waals surface area contributed by atoms with E-state index < -0.39 is 0 Å². The van der Waals surface area contributed by atoms with Gasteiger partial charge in [0.15, 0.2) is 0 Å². The smallest absolute Gasteiger partial charge is 0.128 e. The summed E-state index contributed by atoms with van der Waals surface area (Å²) in [5, 5.41) is 8.73. The molecule has 0 spiro atoms. The van der Waals surface area contributed by atoms with Crippen LogP contribution in [0.15, 0.2) is 30.9 Å². The molecule has 2 aromatic rings. The number of hydrogen-bond acceptors (Lipinski definition) is 4. The highest BCUT2D eigenvalue weighted by atomic mass is 15.2. The molecule has 0 amide bonds. The molecule has 3 heterocycles. The molecule has 5 heteroatoms. The number of fused-ring (bicyclic) bond motifs is 1. The van der Waals surface area contributed by atoms with E-state index in [4.69, 9.17) is 5.26 Å². The topological polar surface area (TPSA) is 57.7 Å². The first kappa shape index (κ1) is 9.85. The maximum absolute atomic E-state index is 8.73. The van der Waals surface area contributed by atoms with Crippen molar-refractivity contribution >= 4 is 5.82 Å². The van der Waals surface area contributed by atoms with Gasteiger partial charge in [-0.15, -0.1) is 0 Å². The van der Waals surface area contributed by atoms with E-state index in [1.54, 1.807) is 12.3 Å². The SMILES string of the molecule is N#Cc1ccc(N2CCn3cncc3C2)nc1. The Labute approximate surface area is 99.0 Å². The van der Waals surface area contributed by atoms with Crippen molar-refractivity contribution in [1.82, 2.24) is 14.5 Å². The maximum Gasteiger partial charge on any atom is 0.128 e. The van der Waals surface area contributed by atoms with Crippen LogP contribution in [0.3, 0.4) is 0 Å². The number of nitriles is 1. The first-order valence-electron chi connectivity index (χ1n) is 5.47. The third-order valence-corrected chi connectivity index (χ3v) is 2.96. The van der Waals surface area contributed by atoms with Gasteiger partial charge in [0, 0.05) is 25.5 Å². The molecule has 5 nitrogen and oxygen atoms in total. The fraction of sp³-hybridized carbons (Fsp3) is 0.250. The third kappa shape index (κ3) is 1.74. The zero-order valence-electron chi connectivity index (χ0n) is 9.24. The Morgan fingerprint density at radius 1 is 1.24 bits per heavy atom. The Balaban J connectivity index is 1.84. The molecule has 0 N–H and O–H groups in total. The van der Waals surface area contributed by atoms with E-state index in [0.717, 1.165) is 25.5 Å². The number of nitrogens with zero attached hydrogens (tertiary/aromatic N) is 5. The quantitative estimate of drug-likeness (QED) is 0.731. The molecule has 0 saturated carbocycles. The standard InChI is InChI=1S/C12H11N5/c13-5-10-1-2-12(15-6-10)16-3-4-17-9-14-7-11(17)8-16/h1-2,6-7,9H,3-4,8H2. The van der Waals surface area contributed by atoms with Crippen LogP contribution in [0.25, 0.3) is 0 Å². The van der Waals surface area contributed by atoms with Gasteiger partial charge in [0.25, 0.3) is 0 Å². The molecule has 0 saturated heterocycles. The second kappa shape index (κ2) is 3.91. The number of aromatic nitrogens is 3. The molecular formula is C12H11N5. The highest BCUT2D eigenvalue weighted by molar-refractivity contribution is 5.42. The van der Waals surface area contributed by atoms with E-state index in [2.05, 4.69) is 25.5 Å². The number of pyridine rings is 1. The van der Waals surface area contributed by atoms with Gasteiger partial charge in [0.05, 0.1) is 24.1 Å². The average Bonchev–Trinajstić information content (AvgIpc) is 2.86. The molecule has 0 bridgehead atoms. The Morgan fingerprint density at radius 3 is 2.94 bits per heavy atom. The van der Waals surface area contributed by atoms with E-state index in [1.165, 1.54) is 5.69 Å². The lowest BCUT2D eigenvalue weighted by Crippen LogP contribution is -2.33. The van der Waals surface area contributed by atoms with E-state index >= 15 is 0 Å². The van der Waals surface area contributed by atoms with Crippen molar-refractivity contribution in [3.8, 4) is 6.07 Å². The Bertz CT molecular complexity index is 563. The summed E-state index contributed by atoms with van der Waals surface area (Å²) in [5.41, 5.74) is 1.79. The molecule has 1 aliphatic heterocycles. The van der Waals surface area contributed by atoms with Crippen LogP contribution < -0.4 is 4.90 Å². The average molecular weight is 225 g/mol. The lowest BCUT2D eigenvalue weighted by Gasteiger charge is -2.28. The Hall–Kier alpha value is -2.35. The van der Waals surface area contributed by atoms with Crippen molar-refractivity contribution in [2.24, 2.45) is 0 Å². The molecular weight excluding hydrogens is 214 g/mol. The molecule has 1 aliphatic rings. The van der Waals surface area contributed by atoms with Gasteiger partial charge in [-0.3, -0.25) is 0 Å². The van der Waals surface area contributed by atoms with Gasteiger partial charge in [-0.25, -0.2) is 9.97 Å². The summed E-state index contributed by atoms with van der Waals surface area (Å²) < 4.78 is 2.15. The number of anilines is 1. The van der Waals surface area contributed by atoms with E-state index in [9.17, 15) is 0 Å². The second-order valence-corrected chi connectivity index (χ2v) is 4.02. The number of rotatable bonds is 1. The van der Waals surface area contributed by atoms with Crippen LogP contribution in [-0.2, 0) is 13.1 Å². The Kier molecular flexibility index (Phi) is 2.26. The molecule has 3 rings (SSSR count). The van der Waals surface area contributed by atoms with Gasteiger partial charge >= 0.3 is 0 Å². The third-order valence-electron chi connectivity index (χ3n) is 2.96. The van der Waals surface area contributed by atoms with Crippen molar-refractivity contribution in [2.45, 2.75) is 13.1 Å². The van der Waals surface area contributed by atoms with E-state index in [-0.39, 0.29) is 0 Å². The molecule has 0 fully saturated rings. The molecule has 84 valence electrons. The van der Waals surface area contributed by atoms with Gasteiger partial charge in [-0.05, 0) is 12.1 Å². The summed E-state index contributed by atoms with van der Waals surface area (Å²) in [7, 11) is 0. The normalized spacial score (nSPS) is 14.2. The van der Waals surface area contributed by atoms with Crippen LogP contribution in [0.5, 0.6) is 0 Å². The highest BCUT2D eigenvalue weighted by Crippen LogP contribution is 2.18. The van der Waals surface area contributed by atoms with Crippen molar-refractivity contribution in [2.75, 3.05) is 11.4 Å². The van der Waals surface area contributed by atoms with Crippen molar-refractivity contribution < 1.29 is 0 Å². The van der Waals surface area contributed by atoms with Crippen LogP contribution >= 0.6 is 0 Å². The van der Waals surface area contributed by atoms with Gasteiger partial charge < -0.3 is 9.47 Å². The number of hydrogen-bond donors (Lipinski definition) is 0. The predicted octanol–water partition coefficient (Wildman–Crippen LogP) is 1.17. The first-order valence-corrected chi connectivity index (χ1v) is 5.47. The highest BCUT2D eigenvalue weighted by Gasteiger charge is 2.16. The lowest BCUT2D eigenvalue weighted by atomic mass is 10.2. The minimum absolute atomic E-state index is 0.593. The summed E-state index contributed by atoms with van der Waals surface area (Å²) in [6.45, 7) is 2.66. The van der Waals surface area contributed by atoms with Crippen LogP contribution in [0, 0.1) is 11.3 Å². The van der Waals surface area contributed by atoms with Crippen molar-refractivity contribution in [3.63, 3.8) is 0 Å². The van der Waals surface area contributed by atoms with Crippen LogP contribution in [-0.4, -0.2) is 21.1 Å². The van der Waals surface area contributed by atoms with Crippen molar-refractivity contribution in [3.05, 3.63) is 42.1 Å². The fourth-order valence-corrected chi connectivity index (χ4v) is 2.02. The summed E-state index contributed by atoms with van der Waals surface area (Å²) in [4.78, 5) is 10.6. The largest absolute Gasteiger partial charge is 0.349 e. The van der Waals surface area contributed by atoms with E-state index in [0.29, 0.717) is 5.56 Å². The summed E-state index contributed by atoms with van der Waals surface area (Å²) in [6.07, 6.45) is 5.36. The maximum atomic E-state index is 8.73. The van der Waals surface area contributed by atoms with Crippen LogP contribution in [0.4, 0.5) is 5.82 Å². The minimum Gasteiger partial charge on any atom is -0.349 e. The zero-order chi connectivity index (χ0) is 11.7. The molecule has 0 radical (unpaired) electrons. The van der Waals surface area contributed by atoms with Gasteiger partial charge in [-0.1, -0.05) is 0 Å². The molecule has 0 aliphatic carbocycles. The van der Waals surface area contributed by atoms with Gasteiger partial charge in [0.1, 0.15) is 11.9 Å². The fourth-order valence-electron chi connectivity index (χ4n) is 2.02. The van der Waals surface area contributed by atoms with E-state index in [1.807, 2.05) is 18.6 Å². The van der Waals surface area contributed by atoms with Crippen LogP contribution in [0.1, 0.15) is 11.3 Å². The molecule has 17 heavy (non-hydrogen) atoms. The molecule has 2 aromatic heterocycles.